The van der Waals surface area contributed by atoms with Gasteiger partial charge >= 0.3 is 0 Å². The summed E-state index contributed by atoms with van der Waals surface area (Å²) in [6.45, 7) is 1.28. The smallest absolute Gasteiger partial charge is 0.159 e. The number of benzene rings is 2. The minimum Gasteiger partial charge on any atom is -0.309 e. The van der Waals surface area contributed by atoms with Gasteiger partial charge in [0.1, 0.15) is 0 Å². The number of fused-ring (bicyclic) bond motifs is 1. The molecule has 104 valence electrons. The first-order valence-electron chi connectivity index (χ1n) is 6.98. The molecule has 1 N–H and O–H groups in total. The predicted molar refractivity (Wildman–Crippen MR) is 75.4 cm³/mol. The van der Waals surface area contributed by atoms with Gasteiger partial charge in [-0.2, -0.15) is 0 Å². The average Bonchev–Trinajstić information content (AvgIpc) is 2.90. The number of aryl methyl sites for hydroxylation is 2. The lowest BCUT2D eigenvalue weighted by atomic mass is 10.1. The van der Waals surface area contributed by atoms with Crippen molar-refractivity contribution < 1.29 is 8.78 Å². The minimum atomic E-state index is -0.799. The molecule has 20 heavy (non-hydrogen) atoms. The molecule has 2 aromatic carbocycles. The summed E-state index contributed by atoms with van der Waals surface area (Å²) in [4.78, 5) is 0. The van der Waals surface area contributed by atoms with Gasteiger partial charge in [-0.15, -0.1) is 0 Å². The lowest BCUT2D eigenvalue weighted by Crippen LogP contribution is -2.13. The van der Waals surface area contributed by atoms with E-state index >= 15 is 0 Å². The molecule has 3 rings (SSSR count). The van der Waals surface area contributed by atoms with Gasteiger partial charge in [-0.05, 0) is 53.6 Å². The molecule has 0 aliphatic heterocycles. The molecule has 0 radical (unpaired) electrons. The van der Waals surface area contributed by atoms with E-state index in [-0.39, 0.29) is 0 Å². The molecule has 0 aromatic heterocycles. The van der Waals surface area contributed by atoms with Crippen LogP contribution in [0.15, 0.2) is 36.4 Å². The van der Waals surface area contributed by atoms with Gasteiger partial charge in [0, 0.05) is 13.1 Å². The summed E-state index contributed by atoms with van der Waals surface area (Å²) < 4.78 is 25.9. The van der Waals surface area contributed by atoms with E-state index in [1.807, 2.05) is 0 Å². The largest absolute Gasteiger partial charge is 0.309 e. The van der Waals surface area contributed by atoms with Crippen LogP contribution in [0.25, 0.3) is 0 Å². The maximum Gasteiger partial charge on any atom is 0.159 e. The zero-order valence-electron chi connectivity index (χ0n) is 11.3. The molecule has 0 amide bonds. The molecular weight excluding hydrogens is 256 g/mol. The van der Waals surface area contributed by atoms with Gasteiger partial charge in [0.15, 0.2) is 11.6 Å². The fraction of sp³-hybridized carbons (Fsp3) is 0.294. The molecule has 1 nitrogen and oxygen atoms in total. The number of nitrogens with one attached hydrogen (secondary N) is 1. The van der Waals surface area contributed by atoms with E-state index in [0.29, 0.717) is 6.54 Å². The van der Waals surface area contributed by atoms with E-state index < -0.39 is 11.6 Å². The van der Waals surface area contributed by atoms with Crippen LogP contribution in [0.3, 0.4) is 0 Å². The number of rotatable bonds is 4. The van der Waals surface area contributed by atoms with Crippen molar-refractivity contribution in [3.05, 3.63) is 70.3 Å². The van der Waals surface area contributed by atoms with E-state index in [1.54, 1.807) is 6.07 Å². The van der Waals surface area contributed by atoms with Gasteiger partial charge < -0.3 is 5.32 Å². The van der Waals surface area contributed by atoms with Crippen molar-refractivity contribution in [1.29, 1.82) is 0 Å². The summed E-state index contributed by atoms with van der Waals surface area (Å²) in [5, 5.41) is 3.27. The first-order chi connectivity index (χ1) is 9.72. The van der Waals surface area contributed by atoms with E-state index in [0.717, 1.165) is 12.1 Å². The highest BCUT2D eigenvalue weighted by molar-refractivity contribution is 5.35. The molecule has 0 spiro atoms. The Bertz CT molecular complexity index is 622. The zero-order valence-corrected chi connectivity index (χ0v) is 11.3. The van der Waals surface area contributed by atoms with Crippen molar-refractivity contribution in [3.63, 3.8) is 0 Å². The Morgan fingerprint density at radius 2 is 1.50 bits per heavy atom. The minimum absolute atomic E-state index is 0.536. The Labute approximate surface area is 117 Å². The Balaban J connectivity index is 1.58. The van der Waals surface area contributed by atoms with Crippen molar-refractivity contribution >= 4 is 0 Å². The van der Waals surface area contributed by atoms with Crippen molar-refractivity contribution in [2.24, 2.45) is 0 Å². The SMILES string of the molecule is Fc1ccc(CNCc2ccc3c(c2)CCC3)cc1F. The molecule has 0 fully saturated rings. The zero-order chi connectivity index (χ0) is 13.9. The number of hydrogen-bond donors (Lipinski definition) is 1. The summed E-state index contributed by atoms with van der Waals surface area (Å²) in [7, 11) is 0. The molecule has 1 aliphatic carbocycles. The maximum absolute atomic E-state index is 13.1. The van der Waals surface area contributed by atoms with Gasteiger partial charge in [0.2, 0.25) is 0 Å². The monoisotopic (exact) mass is 273 g/mol. The van der Waals surface area contributed by atoms with E-state index in [1.165, 1.54) is 48.1 Å². The van der Waals surface area contributed by atoms with Crippen LogP contribution >= 0.6 is 0 Å². The maximum atomic E-state index is 13.1. The standard InChI is InChI=1S/C17H17F2N/c18-16-7-5-13(9-17(16)19)11-20-10-12-4-6-14-2-1-3-15(14)8-12/h4-9,20H,1-3,10-11H2. The van der Waals surface area contributed by atoms with Crippen LogP contribution in [-0.2, 0) is 25.9 Å². The molecular formula is C17H17F2N. The Kier molecular flexibility index (Phi) is 3.79. The summed E-state index contributed by atoms with van der Waals surface area (Å²) in [6.07, 6.45) is 3.62. The third-order valence-corrected chi connectivity index (χ3v) is 3.81. The van der Waals surface area contributed by atoms with Gasteiger partial charge in [-0.25, -0.2) is 8.78 Å². The first-order valence-corrected chi connectivity index (χ1v) is 6.98. The van der Waals surface area contributed by atoms with Crippen molar-refractivity contribution in [2.75, 3.05) is 0 Å². The van der Waals surface area contributed by atoms with Gasteiger partial charge in [-0.3, -0.25) is 0 Å². The first kappa shape index (κ1) is 13.3. The van der Waals surface area contributed by atoms with Crippen LogP contribution in [0, 0.1) is 11.6 Å². The fourth-order valence-corrected chi connectivity index (χ4v) is 2.74. The van der Waals surface area contributed by atoms with Crippen LogP contribution in [0.2, 0.25) is 0 Å². The van der Waals surface area contributed by atoms with Crippen molar-refractivity contribution in [1.82, 2.24) is 5.32 Å². The lowest BCUT2D eigenvalue weighted by Gasteiger charge is -2.07. The molecule has 0 heterocycles. The second kappa shape index (κ2) is 5.71. The van der Waals surface area contributed by atoms with Crippen LogP contribution in [-0.4, -0.2) is 0 Å². The quantitative estimate of drug-likeness (QED) is 0.894. The van der Waals surface area contributed by atoms with E-state index in [4.69, 9.17) is 0 Å². The summed E-state index contributed by atoms with van der Waals surface area (Å²) in [5.41, 5.74) is 4.92. The molecule has 2 aromatic rings. The Hall–Kier alpha value is -1.74. The average molecular weight is 273 g/mol. The normalized spacial score (nSPS) is 13.5. The molecule has 0 unspecified atom stereocenters. The van der Waals surface area contributed by atoms with E-state index in [2.05, 4.69) is 23.5 Å². The van der Waals surface area contributed by atoms with Crippen LogP contribution in [0.4, 0.5) is 8.78 Å². The van der Waals surface area contributed by atoms with E-state index in [9.17, 15) is 8.78 Å². The highest BCUT2D eigenvalue weighted by Gasteiger charge is 2.10. The highest BCUT2D eigenvalue weighted by atomic mass is 19.2. The van der Waals surface area contributed by atoms with Gasteiger partial charge in [0.25, 0.3) is 0 Å². The Morgan fingerprint density at radius 1 is 0.800 bits per heavy atom. The third-order valence-electron chi connectivity index (χ3n) is 3.81. The van der Waals surface area contributed by atoms with Gasteiger partial charge in [-0.1, -0.05) is 24.3 Å². The second-order valence-electron chi connectivity index (χ2n) is 5.31. The fourth-order valence-electron chi connectivity index (χ4n) is 2.74. The molecule has 0 bridgehead atoms. The Morgan fingerprint density at radius 3 is 2.30 bits per heavy atom. The van der Waals surface area contributed by atoms with Gasteiger partial charge in [0.05, 0.1) is 0 Å². The van der Waals surface area contributed by atoms with Crippen molar-refractivity contribution in [3.8, 4) is 0 Å². The summed E-state index contributed by atoms with van der Waals surface area (Å²) in [5.74, 6) is -1.59. The van der Waals surface area contributed by atoms with Crippen LogP contribution < -0.4 is 5.32 Å². The predicted octanol–water partition coefficient (Wildman–Crippen LogP) is 3.74. The lowest BCUT2D eigenvalue weighted by molar-refractivity contribution is 0.506. The highest BCUT2D eigenvalue weighted by Crippen LogP contribution is 2.22. The number of halogens is 2. The molecule has 0 atom stereocenters. The molecule has 0 saturated carbocycles. The molecule has 1 aliphatic rings. The molecule has 0 saturated heterocycles. The summed E-state index contributed by atoms with van der Waals surface area (Å²) >= 11 is 0. The van der Waals surface area contributed by atoms with Crippen LogP contribution in [0.1, 0.15) is 28.7 Å². The van der Waals surface area contributed by atoms with Crippen LogP contribution in [0.5, 0.6) is 0 Å². The van der Waals surface area contributed by atoms with Crippen molar-refractivity contribution in [2.45, 2.75) is 32.4 Å². The molecule has 3 heteroatoms. The third kappa shape index (κ3) is 2.88. The summed E-state index contributed by atoms with van der Waals surface area (Å²) in [6, 6.07) is 10.6. The topological polar surface area (TPSA) is 12.0 Å². The second-order valence-corrected chi connectivity index (χ2v) is 5.31. The number of hydrogen-bond acceptors (Lipinski definition) is 1.